The maximum absolute atomic E-state index is 12.1. The fourth-order valence-corrected chi connectivity index (χ4v) is 2.36. The number of carbonyl (C=O) groups is 1. The molecule has 2 aromatic heterocycles. The topological polar surface area (TPSA) is 95.1 Å². The molecule has 2 heterocycles. The molecule has 0 aliphatic heterocycles. The fourth-order valence-electron chi connectivity index (χ4n) is 2.36. The Kier molecular flexibility index (Phi) is 4.78. The Morgan fingerprint density at radius 1 is 1.24 bits per heavy atom. The Bertz CT molecular complexity index is 851. The smallest absolute Gasteiger partial charge is 0.322 e. The lowest BCUT2D eigenvalue weighted by molar-refractivity contribution is -0.115. The first-order valence-electron chi connectivity index (χ1n) is 7.87. The van der Waals surface area contributed by atoms with Crippen molar-refractivity contribution in [3.63, 3.8) is 0 Å². The van der Waals surface area contributed by atoms with Crippen molar-refractivity contribution >= 4 is 11.9 Å². The van der Waals surface area contributed by atoms with Crippen molar-refractivity contribution in [1.82, 2.24) is 20.0 Å². The fraction of sp³-hybridized carbons (Fsp3) is 0.294. The Hall–Kier alpha value is -3.16. The molecule has 0 spiro atoms. The average molecular weight is 341 g/mol. The van der Waals surface area contributed by atoms with Gasteiger partial charge in [-0.2, -0.15) is 5.10 Å². The summed E-state index contributed by atoms with van der Waals surface area (Å²) in [5, 5.41) is 14.7. The number of anilines is 1. The van der Waals surface area contributed by atoms with Crippen molar-refractivity contribution in [2.45, 2.75) is 26.3 Å². The second kappa shape index (κ2) is 7.16. The van der Waals surface area contributed by atoms with Crippen LogP contribution in [-0.4, -0.2) is 33.0 Å². The quantitative estimate of drug-likeness (QED) is 0.741. The van der Waals surface area contributed by atoms with Gasteiger partial charge in [0, 0.05) is 12.2 Å². The van der Waals surface area contributed by atoms with Crippen molar-refractivity contribution in [3.8, 4) is 17.3 Å². The number of ether oxygens (including phenoxy) is 1. The Morgan fingerprint density at radius 3 is 2.68 bits per heavy atom. The van der Waals surface area contributed by atoms with E-state index in [0.717, 1.165) is 11.3 Å². The van der Waals surface area contributed by atoms with Crippen LogP contribution in [0, 0.1) is 0 Å². The Balaban J connectivity index is 1.66. The molecule has 0 saturated carbocycles. The molecule has 0 saturated heterocycles. The van der Waals surface area contributed by atoms with Crippen LogP contribution in [0.25, 0.3) is 11.6 Å². The maximum Gasteiger partial charge on any atom is 0.322 e. The minimum Gasteiger partial charge on any atom is -0.497 e. The zero-order valence-electron chi connectivity index (χ0n) is 14.3. The summed E-state index contributed by atoms with van der Waals surface area (Å²) < 4.78 is 12.4. The van der Waals surface area contributed by atoms with E-state index in [-0.39, 0.29) is 24.4 Å². The standard InChI is InChI=1S/C17H19N5O3/c1-11(2)22-14(8-9-18-22)16-20-21-17(25-16)19-15(23)10-12-4-6-13(24-3)7-5-12/h4-9,11H,10H2,1-3H3,(H,19,21,23). The zero-order valence-corrected chi connectivity index (χ0v) is 14.3. The molecule has 0 bridgehead atoms. The summed E-state index contributed by atoms with van der Waals surface area (Å²) in [6.07, 6.45) is 1.87. The number of nitrogens with zero attached hydrogens (tertiary/aromatic N) is 4. The lowest BCUT2D eigenvalue weighted by Crippen LogP contribution is -2.14. The highest BCUT2D eigenvalue weighted by molar-refractivity contribution is 5.90. The van der Waals surface area contributed by atoms with Crippen LogP contribution in [0.5, 0.6) is 5.75 Å². The van der Waals surface area contributed by atoms with Gasteiger partial charge in [0.25, 0.3) is 5.89 Å². The SMILES string of the molecule is COc1ccc(CC(=O)Nc2nnc(-c3ccnn3C(C)C)o2)cc1. The first-order chi connectivity index (χ1) is 12.1. The Morgan fingerprint density at radius 2 is 2.00 bits per heavy atom. The largest absolute Gasteiger partial charge is 0.497 e. The molecular weight excluding hydrogens is 322 g/mol. The van der Waals surface area contributed by atoms with Crippen LogP contribution in [0.3, 0.4) is 0 Å². The van der Waals surface area contributed by atoms with E-state index in [4.69, 9.17) is 9.15 Å². The second-order valence-electron chi connectivity index (χ2n) is 5.74. The van der Waals surface area contributed by atoms with Crippen molar-refractivity contribution in [2.24, 2.45) is 0 Å². The molecule has 0 atom stereocenters. The molecular formula is C17H19N5O3. The van der Waals surface area contributed by atoms with Crippen LogP contribution in [0.2, 0.25) is 0 Å². The van der Waals surface area contributed by atoms with Crippen molar-refractivity contribution in [3.05, 3.63) is 42.1 Å². The van der Waals surface area contributed by atoms with Crippen LogP contribution in [0.15, 0.2) is 40.9 Å². The minimum absolute atomic E-state index is 0.0602. The van der Waals surface area contributed by atoms with E-state index in [1.165, 1.54) is 0 Å². The lowest BCUT2D eigenvalue weighted by Gasteiger charge is -2.07. The van der Waals surface area contributed by atoms with Crippen molar-refractivity contribution in [2.75, 3.05) is 12.4 Å². The zero-order chi connectivity index (χ0) is 17.8. The molecule has 0 fully saturated rings. The average Bonchev–Trinajstić information content (AvgIpc) is 3.24. The first-order valence-corrected chi connectivity index (χ1v) is 7.87. The van der Waals surface area contributed by atoms with Gasteiger partial charge in [-0.1, -0.05) is 17.2 Å². The number of methoxy groups -OCH3 is 1. The van der Waals surface area contributed by atoms with E-state index in [1.54, 1.807) is 36.2 Å². The summed E-state index contributed by atoms with van der Waals surface area (Å²) in [6, 6.07) is 9.28. The van der Waals surface area contributed by atoms with Gasteiger partial charge in [-0.15, -0.1) is 5.10 Å². The van der Waals surface area contributed by atoms with Gasteiger partial charge in [-0.25, -0.2) is 0 Å². The van der Waals surface area contributed by atoms with Crippen LogP contribution < -0.4 is 10.1 Å². The molecule has 1 amide bonds. The number of carbonyl (C=O) groups excluding carboxylic acids is 1. The van der Waals surface area contributed by atoms with E-state index in [2.05, 4.69) is 20.6 Å². The number of rotatable bonds is 6. The number of benzene rings is 1. The van der Waals surface area contributed by atoms with Gasteiger partial charge in [0.15, 0.2) is 0 Å². The molecule has 1 N–H and O–H groups in total. The number of hydrogen-bond donors (Lipinski definition) is 1. The van der Waals surface area contributed by atoms with Crippen LogP contribution >= 0.6 is 0 Å². The van der Waals surface area contributed by atoms with Crippen LogP contribution in [-0.2, 0) is 11.2 Å². The van der Waals surface area contributed by atoms with Crippen LogP contribution in [0.4, 0.5) is 6.01 Å². The molecule has 25 heavy (non-hydrogen) atoms. The number of aromatic nitrogens is 4. The number of amides is 1. The maximum atomic E-state index is 12.1. The lowest BCUT2D eigenvalue weighted by atomic mass is 10.1. The minimum atomic E-state index is -0.238. The summed E-state index contributed by atoms with van der Waals surface area (Å²) in [5.41, 5.74) is 1.56. The molecule has 0 aliphatic carbocycles. The molecule has 8 nitrogen and oxygen atoms in total. The van der Waals surface area contributed by atoms with E-state index in [1.807, 2.05) is 26.0 Å². The number of hydrogen-bond acceptors (Lipinski definition) is 6. The van der Waals surface area contributed by atoms with Gasteiger partial charge in [0.1, 0.15) is 11.4 Å². The highest BCUT2D eigenvalue weighted by Gasteiger charge is 2.16. The predicted molar refractivity (Wildman–Crippen MR) is 91.2 cm³/mol. The highest BCUT2D eigenvalue weighted by atomic mass is 16.5. The molecule has 0 unspecified atom stereocenters. The predicted octanol–water partition coefficient (Wildman–Crippen LogP) is 2.70. The summed E-state index contributed by atoms with van der Waals surface area (Å²) in [5.74, 6) is 0.816. The van der Waals surface area contributed by atoms with Crippen molar-refractivity contribution < 1.29 is 13.9 Å². The normalized spacial score (nSPS) is 10.9. The van der Waals surface area contributed by atoms with Gasteiger partial charge in [0.05, 0.1) is 13.5 Å². The molecule has 3 rings (SSSR count). The second-order valence-corrected chi connectivity index (χ2v) is 5.74. The van der Waals surface area contributed by atoms with Gasteiger partial charge in [0.2, 0.25) is 5.91 Å². The summed E-state index contributed by atoms with van der Waals surface area (Å²) in [4.78, 5) is 12.1. The molecule has 1 aromatic carbocycles. The summed E-state index contributed by atoms with van der Waals surface area (Å²) in [6.45, 7) is 4.01. The van der Waals surface area contributed by atoms with Gasteiger partial charge in [-0.3, -0.25) is 14.8 Å². The Labute approximate surface area is 144 Å². The first kappa shape index (κ1) is 16.7. The van der Waals surface area contributed by atoms with Crippen LogP contribution in [0.1, 0.15) is 25.5 Å². The summed E-state index contributed by atoms with van der Waals surface area (Å²) >= 11 is 0. The monoisotopic (exact) mass is 341 g/mol. The van der Waals surface area contributed by atoms with Gasteiger partial charge < -0.3 is 9.15 Å². The molecule has 130 valence electrons. The van der Waals surface area contributed by atoms with E-state index in [0.29, 0.717) is 11.6 Å². The molecule has 0 radical (unpaired) electrons. The molecule has 8 heteroatoms. The van der Waals surface area contributed by atoms with Gasteiger partial charge >= 0.3 is 6.01 Å². The highest BCUT2D eigenvalue weighted by Crippen LogP contribution is 2.22. The third-order valence-corrected chi connectivity index (χ3v) is 3.57. The van der Waals surface area contributed by atoms with Crippen molar-refractivity contribution in [1.29, 1.82) is 0 Å². The molecule has 3 aromatic rings. The van der Waals surface area contributed by atoms with E-state index in [9.17, 15) is 4.79 Å². The van der Waals surface area contributed by atoms with E-state index >= 15 is 0 Å². The molecule has 0 aliphatic rings. The van der Waals surface area contributed by atoms with E-state index < -0.39 is 0 Å². The third-order valence-electron chi connectivity index (χ3n) is 3.57. The summed E-state index contributed by atoms with van der Waals surface area (Å²) in [7, 11) is 1.60. The number of nitrogens with one attached hydrogen (secondary N) is 1. The third kappa shape index (κ3) is 3.85. The van der Waals surface area contributed by atoms with Gasteiger partial charge in [-0.05, 0) is 37.6 Å².